The van der Waals surface area contributed by atoms with Gasteiger partial charge in [0.2, 0.25) is 11.9 Å². The largest absolute Gasteiger partial charge is 0.324 e. The number of hydrogen-bond acceptors (Lipinski definition) is 5. The normalized spacial score (nSPS) is 16.8. The number of fused-ring (bicyclic) bond motifs is 1. The average molecular weight is 339 g/mol. The molecule has 8 nitrogen and oxygen atoms in total. The summed E-state index contributed by atoms with van der Waals surface area (Å²) in [4.78, 5) is 20.2. The molecule has 0 spiro atoms. The SMILES string of the molecule is O=C(CC1(Cn2cnnn2)CCCCC1)Nc1nc2ccccc2[nH]1. The highest BCUT2D eigenvalue weighted by Crippen LogP contribution is 2.40. The van der Waals surface area contributed by atoms with E-state index in [9.17, 15) is 4.79 Å². The molecule has 0 unspecified atom stereocenters. The first-order chi connectivity index (χ1) is 12.2. The zero-order valence-electron chi connectivity index (χ0n) is 14.0. The Balaban J connectivity index is 1.48. The summed E-state index contributed by atoms with van der Waals surface area (Å²) in [7, 11) is 0. The molecule has 2 N–H and O–H groups in total. The molecule has 4 rings (SSSR count). The lowest BCUT2D eigenvalue weighted by Crippen LogP contribution is -2.34. The third-order valence-electron chi connectivity index (χ3n) is 4.99. The number of amides is 1. The summed E-state index contributed by atoms with van der Waals surface area (Å²) in [6.07, 6.45) is 7.60. The van der Waals surface area contributed by atoms with Crippen molar-refractivity contribution >= 4 is 22.9 Å². The van der Waals surface area contributed by atoms with Crippen LogP contribution in [0.4, 0.5) is 5.95 Å². The van der Waals surface area contributed by atoms with E-state index in [1.165, 1.54) is 6.42 Å². The van der Waals surface area contributed by atoms with Crippen LogP contribution in [0, 0.1) is 5.41 Å². The Morgan fingerprint density at radius 1 is 1.24 bits per heavy atom. The van der Waals surface area contributed by atoms with Gasteiger partial charge in [-0.2, -0.15) is 0 Å². The number of aromatic nitrogens is 6. The van der Waals surface area contributed by atoms with Gasteiger partial charge in [0.15, 0.2) is 0 Å². The van der Waals surface area contributed by atoms with Crippen LogP contribution >= 0.6 is 0 Å². The molecule has 0 saturated heterocycles. The van der Waals surface area contributed by atoms with Crippen LogP contribution in [-0.2, 0) is 11.3 Å². The third kappa shape index (κ3) is 3.52. The second-order valence-electron chi connectivity index (χ2n) is 6.90. The molecule has 1 aliphatic carbocycles. The molecule has 1 aliphatic rings. The van der Waals surface area contributed by atoms with Crippen LogP contribution < -0.4 is 5.32 Å². The summed E-state index contributed by atoms with van der Waals surface area (Å²) in [5.41, 5.74) is 1.67. The van der Waals surface area contributed by atoms with E-state index in [4.69, 9.17) is 0 Å². The van der Waals surface area contributed by atoms with Gasteiger partial charge in [0, 0.05) is 6.42 Å². The average Bonchev–Trinajstić information content (AvgIpc) is 3.24. The maximum atomic E-state index is 12.7. The van der Waals surface area contributed by atoms with Crippen molar-refractivity contribution in [1.82, 2.24) is 30.2 Å². The van der Waals surface area contributed by atoms with Crippen molar-refractivity contribution in [3.05, 3.63) is 30.6 Å². The summed E-state index contributed by atoms with van der Waals surface area (Å²) in [6, 6.07) is 7.73. The monoisotopic (exact) mass is 339 g/mol. The maximum Gasteiger partial charge on any atom is 0.227 e. The predicted molar refractivity (Wildman–Crippen MR) is 92.7 cm³/mol. The van der Waals surface area contributed by atoms with Crippen molar-refractivity contribution in [2.24, 2.45) is 5.41 Å². The van der Waals surface area contributed by atoms with Crippen LogP contribution in [0.1, 0.15) is 38.5 Å². The fourth-order valence-corrected chi connectivity index (χ4v) is 3.82. The molecule has 1 aromatic carbocycles. The second kappa shape index (κ2) is 6.62. The summed E-state index contributed by atoms with van der Waals surface area (Å²) in [6.45, 7) is 0.674. The predicted octanol–water partition coefficient (Wildman–Crippen LogP) is 2.53. The molecule has 8 heteroatoms. The molecule has 1 fully saturated rings. The Bertz CT molecular complexity index is 816. The number of nitrogens with zero attached hydrogens (tertiary/aromatic N) is 5. The van der Waals surface area contributed by atoms with Crippen LogP contribution in [0.3, 0.4) is 0 Å². The Morgan fingerprint density at radius 2 is 2.08 bits per heavy atom. The molecule has 1 saturated carbocycles. The summed E-state index contributed by atoms with van der Waals surface area (Å²) in [5, 5.41) is 14.3. The molecule has 3 aromatic rings. The first-order valence-corrected chi connectivity index (χ1v) is 8.68. The number of aromatic amines is 1. The van der Waals surface area contributed by atoms with E-state index in [0.29, 0.717) is 18.9 Å². The molecular weight excluding hydrogens is 318 g/mol. The van der Waals surface area contributed by atoms with Crippen molar-refractivity contribution in [3.8, 4) is 0 Å². The number of nitrogens with one attached hydrogen (secondary N) is 2. The van der Waals surface area contributed by atoms with Gasteiger partial charge in [0.25, 0.3) is 0 Å². The number of carbonyl (C=O) groups is 1. The molecule has 0 radical (unpaired) electrons. The number of carbonyl (C=O) groups excluding carboxylic acids is 1. The van der Waals surface area contributed by atoms with Crippen molar-refractivity contribution < 1.29 is 4.79 Å². The molecule has 2 aromatic heterocycles. The van der Waals surface area contributed by atoms with Crippen LogP contribution in [0.5, 0.6) is 0 Å². The van der Waals surface area contributed by atoms with E-state index in [1.54, 1.807) is 11.0 Å². The molecule has 130 valence electrons. The molecular formula is C17H21N7O. The van der Waals surface area contributed by atoms with E-state index in [0.717, 1.165) is 36.7 Å². The summed E-state index contributed by atoms with van der Waals surface area (Å²) in [5.74, 6) is 0.480. The van der Waals surface area contributed by atoms with E-state index in [1.807, 2.05) is 24.3 Å². The smallest absolute Gasteiger partial charge is 0.227 e. The van der Waals surface area contributed by atoms with E-state index in [-0.39, 0.29) is 11.3 Å². The van der Waals surface area contributed by atoms with Gasteiger partial charge in [-0.25, -0.2) is 9.67 Å². The van der Waals surface area contributed by atoms with Gasteiger partial charge >= 0.3 is 0 Å². The highest BCUT2D eigenvalue weighted by molar-refractivity contribution is 5.91. The number of H-pyrrole nitrogens is 1. The van der Waals surface area contributed by atoms with Gasteiger partial charge in [0.05, 0.1) is 17.6 Å². The number of hydrogen-bond donors (Lipinski definition) is 2. The summed E-state index contributed by atoms with van der Waals surface area (Å²) < 4.78 is 1.74. The Kier molecular flexibility index (Phi) is 4.17. The minimum Gasteiger partial charge on any atom is -0.324 e. The molecule has 0 atom stereocenters. The number of rotatable bonds is 5. The zero-order valence-corrected chi connectivity index (χ0v) is 14.0. The second-order valence-corrected chi connectivity index (χ2v) is 6.90. The highest BCUT2D eigenvalue weighted by Gasteiger charge is 2.35. The van der Waals surface area contributed by atoms with E-state index < -0.39 is 0 Å². The Morgan fingerprint density at radius 3 is 2.84 bits per heavy atom. The lowest BCUT2D eigenvalue weighted by molar-refractivity contribution is -0.119. The first-order valence-electron chi connectivity index (χ1n) is 8.68. The summed E-state index contributed by atoms with van der Waals surface area (Å²) >= 11 is 0. The Labute approximate surface area is 145 Å². The van der Waals surface area contributed by atoms with Gasteiger partial charge in [-0.15, -0.1) is 5.10 Å². The molecule has 25 heavy (non-hydrogen) atoms. The van der Waals surface area contributed by atoms with Gasteiger partial charge in [-0.1, -0.05) is 31.4 Å². The van der Waals surface area contributed by atoms with Gasteiger partial charge in [-0.3, -0.25) is 10.1 Å². The van der Waals surface area contributed by atoms with Gasteiger partial charge in [0.1, 0.15) is 6.33 Å². The maximum absolute atomic E-state index is 12.7. The quantitative estimate of drug-likeness (QED) is 0.744. The molecule has 0 aliphatic heterocycles. The topological polar surface area (TPSA) is 101 Å². The van der Waals surface area contributed by atoms with Crippen molar-refractivity contribution in [2.45, 2.75) is 45.1 Å². The zero-order chi connectivity index (χ0) is 17.1. The standard InChI is InChI=1S/C17H21N7O/c25-15(21-16-19-13-6-2-3-7-14(13)20-16)10-17(8-4-1-5-9-17)11-24-12-18-22-23-24/h2-3,6-7,12H,1,4-5,8-11H2,(H2,19,20,21,25). The minimum atomic E-state index is -0.0935. The number of benzene rings is 1. The van der Waals surface area contributed by atoms with Gasteiger partial charge < -0.3 is 4.98 Å². The van der Waals surface area contributed by atoms with Crippen LogP contribution in [0.15, 0.2) is 30.6 Å². The highest BCUT2D eigenvalue weighted by atomic mass is 16.1. The molecule has 0 bridgehead atoms. The van der Waals surface area contributed by atoms with Crippen LogP contribution in [-0.4, -0.2) is 36.1 Å². The van der Waals surface area contributed by atoms with Gasteiger partial charge in [-0.05, 0) is 40.8 Å². The molecule has 2 heterocycles. The van der Waals surface area contributed by atoms with E-state index in [2.05, 4.69) is 30.8 Å². The van der Waals surface area contributed by atoms with E-state index >= 15 is 0 Å². The number of anilines is 1. The van der Waals surface area contributed by atoms with Crippen molar-refractivity contribution in [1.29, 1.82) is 0 Å². The molecule has 1 amide bonds. The first kappa shape index (κ1) is 15.7. The fourth-order valence-electron chi connectivity index (χ4n) is 3.82. The number of imidazole rings is 1. The van der Waals surface area contributed by atoms with Crippen LogP contribution in [0.25, 0.3) is 11.0 Å². The van der Waals surface area contributed by atoms with Crippen LogP contribution in [0.2, 0.25) is 0 Å². The number of para-hydroxylation sites is 2. The lowest BCUT2D eigenvalue weighted by Gasteiger charge is -2.36. The lowest BCUT2D eigenvalue weighted by atomic mass is 9.71. The minimum absolute atomic E-state index is 0.0194. The fraction of sp³-hybridized carbons (Fsp3) is 0.471. The number of tetrazole rings is 1. The van der Waals surface area contributed by atoms with Crippen molar-refractivity contribution in [3.63, 3.8) is 0 Å². The van der Waals surface area contributed by atoms with Crippen molar-refractivity contribution in [2.75, 3.05) is 5.32 Å². The Hall–Kier alpha value is -2.77. The third-order valence-corrected chi connectivity index (χ3v) is 4.99.